The van der Waals surface area contributed by atoms with Gasteiger partial charge in [0.05, 0.1) is 24.3 Å². The molecule has 2 aliphatic heterocycles. The second-order valence-electron chi connectivity index (χ2n) is 8.54. The van der Waals surface area contributed by atoms with Crippen LogP contribution in [0.15, 0.2) is 114 Å². The standard InChI is InChI=1S/C29H26N2O4/c1-34-28(33)26-25(27(32)31-22-15-9-4-10-16-22)23-17-18-29(26,35-23)24(19-20-11-5-2-6-12-20)30-21-13-7-3-8-14-21/h2-18,23-24,30H,19H2,1H3,(H,31,32). The number of rotatable bonds is 8. The number of carbonyl (C=O) groups excluding carboxylic acids is 2. The summed E-state index contributed by atoms with van der Waals surface area (Å²) in [6.07, 6.45) is 3.63. The van der Waals surface area contributed by atoms with Crippen LogP contribution in [0.2, 0.25) is 0 Å². The predicted molar refractivity (Wildman–Crippen MR) is 135 cm³/mol. The molecule has 0 aliphatic carbocycles. The van der Waals surface area contributed by atoms with E-state index in [4.69, 9.17) is 9.47 Å². The minimum absolute atomic E-state index is 0.227. The smallest absolute Gasteiger partial charge is 0.337 e. The first-order valence-electron chi connectivity index (χ1n) is 11.5. The second kappa shape index (κ2) is 9.60. The number of ether oxygens (including phenoxy) is 2. The van der Waals surface area contributed by atoms with Crippen molar-refractivity contribution in [3.05, 3.63) is 120 Å². The highest BCUT2D eigenvalue weighted by atomic mass is 16.5. The zero-order chi connectivity index (χ0) is 24.3. The van der Waals surface area contributed by atoms with Gasteiger partial charge in [-0.2, -0.15) is 0 Å². The zero-order valence-electron chi connectivity index (χ0n) is 19.3. The fourth-order valence-electron chi connectivity index (χ4n) is 4.77. The Balaban J connectivity index is 1.57. The van der Waals surface area contributed by atoms with Crippen LogP contribution in [-0.2, 0) is 25.5 Å². The van der Waals surface area contributed by atoms with Crippen LogP contribution in [0.4, 0.5) is 11.4 Å². The number of benzene rings is 3. The van der Waals surface area contributed by atoms with Gasteiger partial charge in [-0.05, 0) is 42.3 Å². The fourth-order valence-corrected chi connectivity index (χ4v) is 4.77. The van der Waals surface area contributed by atoms with Gasteiger partial charge >= 0.3 is 5.97 Å². The third kappa shape index (κ3) is 4.36. The predicted octanol–water partition coefficient (Wildman–Crippen LogP) is 4.53. The van der Waals surface area contributed by atoms with E-state index in [1.54, 1.807) is 12.1 Å². The number of fused-ring (bicyclic) bond motifs is 2. The van der Waals surface area contributed by atoms with E-state index >= 15 is 0 Å². The van der Waals surface area contributed by atoms with Gasteiger partial charge in [0, 0.05) is 11.4 Å². The Kier molecular flexibility index (Phi) is 6.21. The third-order valence-electron chi connectivity index (χ3n) is 6.37. The molecule has 3 aromatic rings. The molecule has 0 saturated heterocycles. The van der Waals surface area contributed by atoms with Crippen LogP contribution in [0.5, 0.6) is 0 Å². The minimum atomic E-state index is -1.17. The molecule has 6 nitrogen and oxygen atoms in total. The second-order valence-corrected chi connectivity index (χ2v) is 8.54. The van der Waals surface area contributed by atoms with Gasteiger partial charge < -0.3 is 20.1 Å². The Morgan fingerprint density at radius 1 is 0.914 bits per heavy atom. The fraction of sp³-hybridized carbons (Fsp3) is 0.172. The molecule has 2 bridgehead atoms. The largest absolute Gasteiger partial charge is 0.466 e. The van der Waals surface area contributed by atoms with Gasteiger partial charge in [-0.1, -0.05) is 72.8 Å². The molecule has 6 heteroatoms. The van der Waals surface area contributed by atoms with Crippen molar-refractivity contribution in [3.8, 4) is 0 Å². The van der Waals surface area contributed by atoms with Gasteiger partial charge in [-0.25, -0.2) is 4.79 Å². The molecule has 0 fully saturated rings. The molecule has 3 aromatic carbocycles. The van der Waals surface area contributed by atoms with Crippen LogP contribution >= 0.6 is 0 Å². The number of amides is 1. The monoisotopic (exact) mass is 466 g/mol. The lowest BCUT2D eigenvalue weighted by molar-refractivity contribution is -0.138. The number of hydrogen-bond donors (Lipinski definition) is 2. The topological polar surface area (TPSA) is 76.7 Å². The van der Waals surface area contributed by atoms with Crippen LogP contribution in [0, 0.1) is 0 Å². The highest BCUT2D eigenvalue weighted by molar-refractivity contribution is 6.12. The molecular weight excluding hydrogens is 440 g/mol. The molecule has 5 rings (SSSR count). The average Bonchev–Trinajstić information content (AvgIpc) is 3.48. The van der Waals surface area contributed by atoms with Crippen molar-refractivity contribution in [1.29, 1.82) is 0 Å². The Hall–Kier alpha value is -4.16. The normalized spacial score (nSPS) is 21.0. The number of anilines is 2. The number of methoxy groups -OCH3 is 1. The summed E-state index contributed by atoms with van der Waals surface area (Å²) < 4.78 is 11.6. The highest BCUT2D eigenvalue weighted by Gasteiger charge is 2.58. The third-order valence-corrected chi connectivity index (χ3v) is 6.37. The molecule has 176 valence electrons. The van der Waals surface area contributed by atoms with Gasteiger partial charge in [0.25, 0.3) is 5.91 Å². The lowest BCUT2D eigenvalue weighted by Crippen LogP contribution is -2.49. The Labute approximate surface area is 204 Å². The maximum absolute atomic E-state index is 13.4. The van der Waals surface area contributed by atoms with Crippen LogP contribution in [0.25, 0.3) is 0 Å². The van der Waals surface area contributed by atoms with Crippen molar-refractivity contribution < 1.29 is 19.1 Å². The summed E-state index contributed by atoms with van der Waals surface area (Å²) >= 11 is 0. The lowest BCUT2D eigenvalue weighted by Gasteiger charge is -2.36. The Morgan fingerprint density at radius 3 is 2.14 bits per heavy atom. The molecule has 0 radical (unpaired) electrons. The van der Waals surface area contributed by atoms with E-state index < -0.39 is 17.7 Å². The van der Waals surface area contributed by atoms with Gasteiger partial charge in [-0.15, -0.1) is 0 Å². The van der Waals surface area contributed by atoms with E-state index in [0.717, 1.165) is 11.3 Å². The first kappa shape index (κ1) is 22.6. The first-order valence-corrected chi connectivity index (χ1v) is 11.5. The van der Waals surface area contributed by atoms with Crippen LogP contribution < -0.4 is 10.6 Å². The summed E-state index contributed by atoms with van der Waals surface area (Å²) in [4.78, 5) is 26.6. The van der Waals surface area contributed by atoms with Crippen molar-refractivity contribution in [2.75, 3.05) is 17.7 Å². The Bertz CT molecular complexity index is 1230. The highest BCUT2D eigenvalue weighted by Crippen LogP contribution is 2.47. The van der Waals surface area contributed by atoms with Crippen molar-refractivity contribution >= 4 is 23.3 Å². The van der Waals surface area contributed by atoms with Crippen LogP contribution in [0.1, 0.15) is 5.56 Å². The molecule has 1 amide bonds. The molecule has 2 aliphatic rings. The number of esters is 1. The summed E-state index contributed by atoms with van der Waals surface area (Å²) in [6.45, 7) is 0. The zero-order valence-corrected chi connectivity index (χ0v) is 19.3. The van der Waals surface area contributed by atoms with E-state index in [0.29, 0.717) is 12.1 Å². The van der Waals surface area contributed by atoms with E-state index in [9.17, 15) is 9.59 Å². The summed E-state index contributed by atoms with van der Waals surface area (Å²) in [5.41, 5.74) is 1.92. The number of carbonyl (C=O) groups is 2. The number of nitrogens with one attached hydrogen (secondary N) is 2. The number of hydrogen-bond acceptors (Lipinski definition) is 5. The molecule has 0 aromatic heterocycles. The van der Waals surface area contributed by atoms with Crippen LogP contribution in [0.3, 0.4) is 0 Å². The molecule has 3 atom stereocenters. The summed E-state index contributed by atoms with van der Waals surface area (Å²) in [5, 5.41) is 6.45. The molecule has 2 heterocycles. The van der Waals surface area contributed by atoms with E-state index in [-0.39, 0.29) is 23.1 Å². The van der Waals surface area contributed by atoms with E-state index in [1.807, 2.05) is 91.0 Å². The van der Waals surface area contributed by atoms with E-state index in [1.165, 1.54) is 7.11 Å². The molecule has 2 N–H and O–H groups in total. The molecule has 3 unspecified atom stereocenters. The summed E-state index contributed by atoms with van der Waals surface area (Å²) in [6, 6.07) is 28.5. The maximum atomic E-state index is 13.4. The van der Waals surface area contributed by atoms with Crippen LogP contribution in [-0.4, -0.2) is 36.7 Å². The van der Waals surface area contributed by atoms with E-state index in [2.05, 4.69) is 10.6 Å². The SMILES string of the molecule is COC(=O)C1=C(C(=O)Nc2ccccc2)C2C=CC1(C(Cc1ccccc1)Nc1ccccc1)O2. The quantitative estimate of drug-likeness (QED) is 0.377. The molecule has 0 saturated carbocycles. The first-order chi connectivity index (χ1) is 17.1. The maximum Gasteiger partial charge on any atom is 0.337 e. The lowest BCUT2D eigenvalue weighted by atomic mass is 9.78. The average molecular weight is 467 g/mol. The Morgan fingerprint density at radius 2 is 1.51 bits per heavy atom. The molecular formula is C29H26N2O4. The minimum Gasteiger partial charge on any atom is -0.466 e. The van der Waals surface area contributed by atoms with Crippen molar-refractivity contribution in [2.45, 2.75) is 24.2 Å². The van der Waals surface area contributed by atoms with Gasteiger partial charge in [0.1, 0.15) is 11.7 Å². The van der Waals surface area contributed by atoms with Crippen molar-refractivity contribution in [3.63, 3.8) is 0 Å². The van der Waals surface area contributed by atoms with Gasteiger partial charge in [0.15, 0.2) is 0 Å². The van der Waals surface area contributed by atoms with Gasteiger partial charge in [0.2, 0.25) is 0 Å². The molecule has 0 spiro atoms. The number of para-hydroxylation sites is 2. The summed E-state index contributed by atoms with van der Waals surface area (Å²) in [7, 11) is 1.32. The van der Waals surface area contributed by atoms with Crippen molar-refractivity contribution in [2.24, 2.45) is 0 Å². The molecule has 35 heavy (non-hydrogen) atoms. The van der Waals surface area contributed by atoms with Gasteiger partial charge in [-0.3, -0.25) is 4.79 Å². The van der Waals surface area contributed by atoms with Crippen molar-refractivity contribution in [1.82, 2.24) is 0 Å². The summed E-state index contributed by atoms with van der Waals surface area (Å²) in [5.74, 6) is -0.964.